The van der Waals surface area contributed by atoms with Crippen molar-refractivity contribution in [1.82, 2.24) is 4.98 Å². The Hall–Kier alpha value is -1.82. The summed E-state index contributed by atoms with van der Waals surface area (Å²) in [5.41, 5.74) is 4.91. The highest BCUT2D eigenvalue weighted by Crippen LogP contribution is 2.27. The molecule has 3 nitrogen and oxygen atoms in total. The van der Waals surface area contributed by atoms with Crippen molar-refractivity contribution >= 4 is 0 Å². The number of aryl methyl sites for hydroxylation is 1. The lowest BCUT2D eigenvalue weighted by molar-refractivity contribution is 0.487. The maximum atomic E-state index is 13.5. The van der Waals surface area contributed by atoms with Crippen molar-refractivity contribution in [3.8, 4) is 11.3 Å². The number of hydrogen-bond acceptors (Lipinski definition) is 3. The van der Waals surface area contributed by atoms with Crippen molar-refractivity contribution in [2.24, 2.45) is 5.73 Å². The molecule has 2 rings (SSSR count). The van der Waals surface area contributed by atoms with Crippen LogP contribution in [0.3, 0.4) is 0 Å². The number of oxazole rings is 1. The second kappa shape index (κ2) is 5.22. The first-order valence-electron chi connectivity index (χ1n) is 5.41. The molecule has 0 fully saturated rings. The van der Waals surface area contributed by atoms with Crippen LogP contribution in [0.5, 0.6) is 0 Å². The fourth-order valence-electron chi connectivity index (χ4n) is 1.57. The van der Waals surface area contributed by atoms with Crippen LogP contribution in [0, 0.1) is 17.5 Å². The summed E-state index contributed by atoms with van der Waals surface area (Å²) < 4.78 is 44.9. The van der Waals surface area contributed by atoms with E-state index in [2.05, 4.69) is 4.98 Å². The topological polar surface area (TPSA) is 52.0 Å². The van der Waals surface area contributed by atoms with E-state index in [4.69, 9.17) is 10.2 Å². The van der Waals surface area contributed by atoms with E-state index in [0.29, 0.717) is 37.4 Å². The van der Waals surface area contributed by atoms with Crippen LogP contribution >= 0.6 is 0 Å². The molecule has 0 radical (unpaired) electrons. The van der Waals surface area contributed by atoms with Crippen LogP contribution < -0.4 is 5.73 Å². The first-order chi connectivity index (χ1) is 8.61. The van der Waals surface area contributed by atoms with Crippen LogP contribution in [-0.4, -0.2) is 11.5 Å². The third kappa shape index (κ3) is 2.53. The van der Waals surface area contributed by atoms with Crippen LogP contribution in [0.25, 0.3) is 11.3 Å². The molecule has 2 N–H and O–H groups in total. The molecule has 2 aromatic rings. The normalized spacial score (nSPS) is 10.9. The van der Waals surface area contributed by atoms with E-state index in [9.17, 15) is 13.2 Å². The van der Waals surface area contributed by atoms with E-state index in [1.54, 1.807) is 0 Å². The molecule has 0 spiro atoms. The van der Waals surface area contributed by atoms with Gasteiger partial charge in [-0.3, -0.25) is 0 Å². The summed E-state index contributed by atoms with van der Waals surface area (Å²) in [6.45, 7) is 0.469. The van der Waals surface area contributed by atoms with Crippen LogP contribution in [0.1, 0.15) is 12.3 Å². The highest BCUT2D eigenvalue weighted by molar-refractivity contribution is 5.58. The average Bonchev–Trinajstić information content (AvgIpc) is 2.73. The Morgan fingerprint density at radius 2 is 1.83 bits per heavy atom. The van der Waals surface area contributed by atoms with Gasteiger partial charge in [0.25, 0.3) is 0 Å². The summed E-state index contributed by atoms with van der Waals surface area (Å²) in [6.07, 6.45) is 2.36. The van der Waals surface area contributed by atoms with Gasteiger partial charge in [0.05, 0.1) is 11.8 Å². The molecule has 1 aromatic heterocycles. The van der Waals surface area contributed by atoms with E-state index < -0.39 is 23.0 Å². The average molecular weight is 256 g/mol. The summed E-state index contributed by atoms with van der Waals surface area (Å²) >= 11 is 0. The zero-order chi connectivity index (χ0) is 13.1. The Labute approximate surface area is 101 Å². The molecule has 0 bridgehead atoms. The molecule has 0 aliphatic carbocycles. The number of halogens is 3. The molecule has 0 aliphatic heterocycles. The van der Waals surface area contributed by atoms with Gasteiger partial charge in [-0.05, 0) is 13.0 Å². The number of rotatable bonds is 4. The number of benzene rings is 1. The van der Waals surface area contributed by atoms with Gasteiger partial charge in [0.15, 0.2) is 11.7 Å². The molecule has 96 valence electrons. The minimum atomic E-state index is -1.02. The van der Waals surface area contributed by atoms with Crippen molar-refractivity contribution in [2.45, 2.75) is 12.8 Å². The molecular weight excluding hydrogens is 245 g/mol. The smallest absolute Gasteiger partial charge is 0.194 e. The quantitative estimate of drug-likeness (QED) is 0.914. The van der Waals surface area contributed by atoms with Crippen LogP contribution in [0.4, 0.5) is 13.2 Å². The lowest BCUT2D eigenvalue weighted by Gasteiger charge is -2.01. The van der Waals surface area contributed by atoms with Gasteiger partial charge in [0, 0.05) is 18.6 Å². The molecule has 6 heteroatoms. The zero-order valence-electron chi connectivity index (χ0n) is 9.42. The van der Waals surface area contributed by atoms with Crippen molar-refractivity contribution in [3.63, 3.8) is 0 Å². The van der Waals surface area contributed by atoms with Gasteiger partial charge in [0.2, 0.25) is 0 Å². The Kier molecular flexibility index (Phi) is 3.66. The fraction of sp³-hybridized carbons (Fsp3) is 0.250. The molecule has 18 heavy (non-hydrogen) atoms. The molecule has 0 saturated heterocycles. The monoisotopic (exact) mass is 256 g/mol. The zero-order valence-corrected chi connectivity index (χ0v) is 9.42. The third-order valence-electron chi connectivity index (χ3n) is 2.40. The summed E-state index contributed by atoms with van der Waals surface area (Å²) in [4.78, 5) is 3.89. The molecule has 0 atom stereocenters. The minimum absolute atomic E-state index is 0.0583. The number of nitrogens with zero attached hydrogens (tertiary/aromatic N) is 1. The summed E-state index contributed by atoms with van der Waals surface area (Å²) in [6, 6.07) is 1.20. The first kappa shape index (κ1) is 12.6. The molecule has 1 heterocycles. The molecule has 0 amide bonds. The van der Waals surface area contributed by atoms with Crippen LogP contribution in [-0.2, 0) is 6.42 Å². The Morgan fingerprint density at radius 1 is 1.17 bits per heavy atom. The highest BCUT2D eigenvalue weighted by atomic mass is 19.1. The van der Waals surface area contributed by atoms with Crippen molar-refractivity contribution in [3.05, 3.63) is 41.7 Å². The van der Waals surface area contributed by atoms with Crippen molar-refractivity contribution in [1.29, 1.82) is 0 Å². The maximum absolute atomic E-state index is 13.5. The predicted molar refractivity (Wildman–Crippen MR) is 59.2 cm³/mol. The molecule has 1 aromatic carbocycles. The van der Waals surface area contributed by atoms with Crippen molar-refractivity contribution < 1.29 is 17.6 Å². The molecule has 0 aliphatic rings. The third-order valence-corrected chi connectivity index (χ3v) is 2.40. The summed E-state index contributed by atoms with van der Waals surface area (Å²) in [7, 11) is 0. The van der Waals surface area contributed by atoms with E-state index >= 15 is 0 Å². The number of hydrogen-bond donors (Lipinski definition) is 1. The van der Waals surface area contributed by atoms with Gasteiger partial charge in [-0.25, -0.2) is 18.2 Å². The highest BCUT2D eigenvalue weighted by Gasteiger charge is 2.17. The fourth-order valence-corrected chi connectivity index (χ4v) is 1.57. The van der Waals surface area contributed by atoms with E-state index in [-0.39, 0.29) is 5.76 Å². The molecule has 0 unspecified atom stereocenters. The Morgan fingerprint density at radius 3 is 2.44 bits per heavy atom. The van der Waals surface area contributed by atoms with E-state index in [1.165, 1.54) is 6.20 Å². The first-order valence-corrected chi connectivity index (χ1v) is 5.41. The van der Waals surface area contributed by atoms with Crippen LogP contribution in [0.15, 0.2) is 22.7 Å². The number of nitrogens with two attached hydrogens (primary N) is 1. The van der Waals surface area contributed by atoms with Crippen LogP contribution in [0.2, 0.25) is 0 Å². The predicted octanol–water partition coefficient (Wildman–Crippen LogP) is 2.65. The SMILES string of the molecule is NCCCc1ncc(-c2c(F)cc(F)cc2F)o1. The largest absolute Gasteiger partial charge is 0.441 e. The standard InChI is InChI=1S/C12H11F3N2O/c13-7-4-8(14)12(9(15)5-7)10-6-17-11(18-10)2-1-3-16/h4-6H,1-3,16H2. The van der Waals surface area contributed by atoms with Gasteiger partial charge in [-0.2, -0.15) is 0 Å². The lowest BCUT2D eigenvalue weighted by atomic mass is 10.1. The minimum Gasteiger partial charge on any atom is -0.441 e. The Balaban J connectivity index is 2.34. The lowest BCUT2D eigenvalue weighted by Crippen LogP contribution is -2.00. The van der Waals surface area contributed by atoms with Gasteiger partial charge in [0.1, 0.15) is 17.5 Å². The Bertz CT molecular complexity index is 531. The van der Waals surface area contributed by atoms with Gasteiger partial charge >= 0.3 is 0 Å². The molecular formula is C12H11F3N2O. The van der Waals surface area contributed by atoms with Gasteiger partial charge in [-0.15, -0.1) is 0 Å². The second-order valence-corrected chi connectivity index (χ2v) is 3.75. The number of aromatic nitrogens is 1. The summed E-state index contributed by atoms with van der Waals surface area (Å²) in [5.74, 6) is -2.73. The van der Waals surface area contributed by atoms with E-state index in [0.717, 1.165) is 0 Å². The van der Waals surface area contributed by atoms with Gasteiger partial charge in [-0.1, -0.05) is 0 Å². The second-order valence-electron chi connectivity index (χ2n) is 3.75. The van der Waals surface area contributed by atoms with E-state index in [1.807, 2.05) is 0 Å². The molecule has 0 saturated carbocycles. The maximum Gasteiger partial charge on any atom is 0.194 e. The summed E-state index contributed by atoms with van der Waals surface area (Å²) in [5, 5.41) is 0. The van der Waals surface area contributed by atoms with Crippen molar-refractivity contribution in [2.75, 3.05) is 6.54 Å². The van der Waals surface area contributed by atoms with Gasteiger partial charge < -0.3 is 10.2 Å².